The molecule has 5 heteroatoms. The molecule has 118 valence electrons. The van der Waals surface area contributed by atoms with Crippen LogP contribution in [0.1, 0.15) is 31.7 Å². The van der Waals surface area contributed by atoms with Crippen molar-refractivity contribution in [3.05, 3.63) is 41.7 Å². The zero-order valence-corrected chi connectivity index (χ0v) is 13.7. The van der Waals surface area contributed by atoms with Gasteiger partial charge >= 0.3 is 6.03 Å². The lowest BCUT2D eigenvalue weighted by Crippen LogP contribution is -2.30. The Morgan fingerprint density at radius 3 is 2.64 bits per heavy atom. The summed E-state index contributed by atoms with van der Waals surface area (Å²) < 4.78 is 1.85. The van der Waals surface area contributed by atoms with Crippen molar-refractivity contribution in [3.8, 4) is 5.69 Å². The van der Waals surface area contributed by atoms with Crippen molar-refractivity contribution in [1.82, 2.24) is 15.1 Å². The summed E-state index contributed by atoms with van der Waals surface area (Å²) in [6.45, 7) is 8.90. The Morgan fingerprint density at radius 1 is 1.27 bits per heavy atom. The fourth-order valence-corrected chi connectivity index (χ4v) is 2.28. The molecule has 2 amide bonds. The lowest BCUT2D eigenvalue weighted by Gasteiger charge is -2.13. The molecule has 0 saturated carbocycles. The second-order valence-corrected chi connectivity index (χ2v) is 5.92. The zero-order chi connectivity index (χ0) is 16.1. The molecule has 0 unspecified atom stereocenters. The van der Waals surface area contributed by atoms with Crippen LogP contribution in [0.25, 0.3) is 5.69 Å². The highest BCUT2D eigenvalue weighted by molar-refractivity contribution is 5.91. The molecular formula is C17H24N4O. The maximum atomic E-state index is 12.0. The van der Waals surface area contributed by atoms with Gasteiger partial charge in [0.15, 0.2) is 0 Å². The van der Waals surface area contributed by atoms with Gasteiger partial charge in [0.25, 0.3) is 0 Å². The van der Waals surface area contributed by atoms with Crippen LogP contribution in [0.2, 0.25) is 0 Å². The molecule has 2 N–H and O–H groups in total. The second-order valence-electron chi connectivity index (χ2n) is 5.92. The van der Waals surface area contributed by atoms with Gasteiger partial charge in [0.1, 0.15) is 0 Å². The van der Waals surface area contributed by atoms with Gasteiger partial charge in [0.2, 0.25) is 0 Å². The van der Waals surface area contributed by atoms with Gasteiger partial charge < -0.3 is 10.6 Å². The quantitative estimate of drug-likeness (QED) is 0.885. The van der Waals surface area contributed by atoms with Crippen LogP contribution in [0.15, 0.2) is 30.3 Å². The van der Waals surface area contributed by atoms with E-state index in [0.717, 1.165) is 29.2 Å². The maximum absolute atomic E-state index is 12.0. The SMILES string of the molecule is Cc1cc(C)n(-c2ccccc2NC(=O)NCCC(C)C)n1. The first-order valence-electron chi connectivity index (χ1n) is 7.65. The van der Waals surface area contributed by atoms with Gasteiger partial charge in [-0.05, 0) is 44.4 Å². The molecule has 0 spiro atoms. The highest BCUT2D eigenvalue weighted by Crippen LogP contribution is 2.21. The van der Waals surface area contributed by atoms with E-state index in [1.807, 2.05) is 48.9 Å². The standard InChI is InChI=1S/C17H24N4O/c1-12(2)9-10-18-17(22)19-15-7-5-6-8-16(15)21-14(4)11-13(3)20-21/h5-8,11-12H,9-10H2,1-4H3,(H2,18,19,22). The number of para-hydroxylation sites is 2. The van der Waals surface area contributed by atoms with Crippen LogP contribution in [0.4, 0.5) is 10.5 Å². The highest BCUT2D eigenvalue weighted by atomic mass is 16.2. The summed E-state index contributed by atoms with van der Waals surface area (Å²) in [5, 5.41) is 10.3. The van der Waals surface area contributed by atoms with E-state index in [0.29, 0.717) is 12.5 Å². The molecule has 0 aliphatic rings. The molecule has 0 fully saturated rings. The average molecular weight is 300 g/mol. The fraction of sp³-hybridized carbons (Fsp3) is 0.412. The van der Waals surface area contributed by atoms with Crippen molar-refractivity contribution in [3.63, 3.8) is 0 Å². The van der Waals surface area contributed by atoms with E-state index >= 15 is 0 Å². The minimum absolute atomic E-state index is 0.186. The Kier molecular flexibility index (Phi) is 5.20. The molecule has 2 aromatic rings. The fourth-order valence-electron chi connectivity index (χ4n) is 2.28. The first-order valence-corrected chi connectivity index (χ1v) is 7.65. The Morgan fingerprint density at radius 2 is 2.00 bits per heavy atom. The van der Waals surface area contributed by atoms with Gasteiger partial charge in [-0.1, -0.05) is 26.0 Å². The summed E-state index contributed by atoms with van der Waals surface area (Å²) in [6.07, 6.45) is 0.965. The summed E-state index contributed by atoms with van der Waals surface area (Å²) in [5.74, 6) is 0.572. The van der Waals surface area contributed by atoms with Crippen molar-refractivity contribution in [2.45, 2.75) is 34.1 Å². The smallest absolute Gasteiger partial charge is 0.319 e. The van der Waals surface area contributed by atoms with Crippen molar-refractivity contribution in [2.24, 2.45) is 5.92 Å². The number of nitrogens with zero attached hydrogens (tertiary/aromatic N) is 2. The molecule has 0 saturated heterocycles. The summed E-state index contributed by atoms with van der Waals surface area (Å²) in [4.78, 5) is 12.0. The average Bonchev–Trinajstić information content (AvgIpc) is 2.77. The number of benzene rings is 1. The van der Waals surface area contributed by atoms with Crippen LogP contribution in [0.5, 0.6) is 0 Å². The Hall–Kier alpha value is -2.30. The number of aromatic nitrogens is 2. The third-order valence-electron chi connectivity index (χ3n) is 3.40. The number of anilines is 1. The normalized spacial score (nSPS) is 10.8. The molecule has 0 bridgehead atoms. The maximum Gasteiger partial charge on any atom is 0.319 e. The van der Waals surface area contributed by atoms with E-state index in [-0.39, 0.29) is 6.03 Å². The van der Waals surface area contributed by atoms with E-state index in [1.165, 1.54) is 0 Å². The zero-order valence-electron chi connectivity index (χ0n) is 13.7. The first-order chi connectivity index (χ1) is 10.5. The van der Waals surface area contributed by atoms with E-state index in [1.54, 1.807) is 0 Å². The third-order valence-corrected chi connectivity index (χ3v) is 3.40. The number of rotatable bonds is 5. The molecule has 0 aliphatic carbocycles. The summed E-state index contributed by atoms with van der Waals surface area (Å²) in [7, 11) is 0. The number of amides is 2. The number of hydrogen-bond donors (Lipinski definition) is 2. The molecule has 22 heavy (non-hydrogen) atoms. The molecule has 0 radical (unpaired) electrons. The van der Waals surface area contributed by atoms with Gasteiger partial charge in [-0.15, -0.1) is 0 Å². The molecule has 2 rings (SSSR count). The van der Waals surface area contributed by atoms with E-state index < -0.39 is 0 Å². The molecule has 5 nitrogen and oxygen atoms in total. The molecule has 1 aromatic heterocycles. The number of nitrogens with one attached hydrogen (secondary N) is 2. The highest BCUT2D eigenvalue weighted by Gasteiger charge is 2.10. The summed E-state index contributed by atoms with van der Waals surface area (Å²) >= 11 is 0. The second kappa shape index (κ2) is 7.11. The third kappa shape index (κ3) is 4.10. The van der Waals surface area contributed by atoms with Crippen LogP contribution < -0.4 is 10.6 Å². The van der Waals surface area contributed by atoms with Crippen molar-refractivity contribution < 1.29 is 4.79 Å². The van der Waals surface area contributed by atoms with Crippen LogP contribution >= 0.6 is 0 Å². The number of carbonyl (C=O) groups excluding carboxylic acids is 1. The van der Waals surface area contributed by atoms with E-state index in [9.17, 15) is 4.79 Å². The molecule has 0 atom stereocenters. The van der Waals surface area contributed by atoms with Gasteiger partial charge in [-0.2, -0.15) is 5.10 Å². The Balaban J connectivity index is 2.12. The molecule has 0 aliphatic heterocycles. The van der Waals surface area contributed by atoms with E-state index in [4.69, 9.17) is 0 Å². The minimum atomic E-state index is -0.186. The van der Waals surface area contributed by atoms with Crippen LogP contribution in [-0.2, 0) is 0 Å². The predicted molar refractivity (Wildman–Crippen MR) is 89.5 cm³/mol. The van der Waals surface area contributed by atoms with Crippen LogP contribution in [0, 0.1) is 19.8 Å². The number of urea groups is 1. The van der Waals surface area contributed by atoms with Crippen molar-refractivity contribution in [2.75, 3.05) is 11.9 Å². The van der Waals surface area contributed by atoms with Gasteiger partial charge in [0.05, 0.1) is 17.1 Å². The topological polar surface area (TPSA) is 59.0 Å². The number of aryl methyl sites for hydroxylation is 2. The van der Waals surface area contributed by atoms with Crippen LogP contribution in [0.3, 0.4) is 0 Å². The van der Waals surface area contributed by atoms with Gasteiger partial charge in [-0.25, -0.2) is 9.48 Å². The lowest BCUT2D eigenvalue weighted by atomic mass is 10.1. The van der Waals surface area contributed by atoms with Crippen molar-refractivity contribution >= 4 is 11.7 Å². The van der Waals surface area contributed by atoms with Gasteiger partial charge in [0, 0.05) is 12.2 Å². The monoisotopic (exact) mass is 300 g/mol. The van der Waals surface area contributed by atoms with Crippen LogP contribution in [-0.4, -0.2) is 22.4 Å². The molecule has 1 aromatic carbocycles. The van der Waals surface area contributed by atoms with Crippen molar-refractivity contribution in [1.29, 1.82) is 0 Å². The summed E-state index contributed by atoms with van der Waals surface area (Å²) in [6, 6.07) is 9.50. The Bertz CT molecular complexity index is 646. The minimum Gasteiger partial charge on any atom is -0.338 e. The van der Waals surface area contributed by atoms with E-state index in [2.05, 4.69) is 29.6 Å². The molecular weight excluding hydrogens is 276 g/mol. The van der Waals surface area contributed by atoms with Gasteiger partial charge in [-0.3, -0.25) is 0 Å². The summed E-state index contributed by atoms with van der Waals surface area (Å²) in [5.41, 5.74) is 3.60. The number of carbonyl (C=O) groups is 1. The molecule has 1 heterocycles. The first kappa shape index (κ1) is 16.1. The Labute approximate surface area is 131 Å². The number of hydrogen-bond acceptors (Lipinski definition) is 2. The predicted octanol–water partition coefficient (Wildman–Crippen LogP) is 3.66. The largest absolute Gasteiger partial charge is 0.338 e. The lowest BCUT2D eigenvalue weighted by molar-refractivity contribution is 0.251.